The van der Waals surface area contributed by atoms with Crippen LogP contribution in [0.25, 0.3) is 0 Å². The summed E-state index contributed by atoms with van der Waals surface area (Å²) in [4.78, 5) is 24.4. The summed E-state index contributed by atoms with van der Waals surface area (Å²) in [7, 11) is 3.90. The van der Waals surface area contributed by atoms with Crippen molar-refractivity contribution in [2.24, 2.45) is 22.7 Å². The molecule has 0 aromatic heterocycles. The van der Waals surface area contributed by atoms with Crippen LogP contribution in [0.3, 0.4) is 0 Å². The van der Waals surface area contributed by atoms with E-state index < -0.39 is 0 Å². The molecule has 0 radical (unpaired) electrons. The van der Waals surface area contributed by atoms with Gasteiger partial charge in [-0.3, -0.25) is 4.79 Å². The number of ether oxygens (including phenoxy) is 2. The Kier molecular flexibility index (Phi) is 6.11. The van der Waals surface area contributed by atoms with Gasteiger partial charge in [-0.1, -0.05) is 34.6 Å². The molecule has 2 aliphatic carbocycles. The van der Waals surface area contributed by atoms with Crippen molar-refractivity contribution in [1.29, 1.82) is 0 Å². The molecule has 5 heteroatoms. The van der Waals surface area contributed by atoms with Gasteiger partial charge in [0.05, 0.1) is 33.7 Å². The summed E-state index contributed by atoms with van der Waals surface area (Å²) in [6, 6.07) is 0. The molecule has 150 valence electrons. The molecule has 2 fully saturated rings. The van der Waals surface area contributed by atoms with E-state index in [0.717, 1.165) is 12.8 Å². The highest BCUT2D eigenvalue weighted by atomic mass is 16.5. The van der Waals surface area contributed by atoms with E-state index in [-0.39, 0.29) is 35.4 Å². The van der Waals surface area contributed by atoms with Gasteiger partial charge in [0.2, 0.25) is 0 Å². The van der Waals surface area contributed by atoms with E-state index in [0.29, 0.717) is 35.9 Å². The Morgan fingerprint density at radius 2 is 1.81 bits per heavy atom. The van der Waals surface area contributed by atoms with Crippen LogP contribution in [0.1, 0.15) is 60.3 Å². The van der Waals surface area contributed by atoms with Crippen LogP contribution in [-0.4, -0.2) is 56.3 Å². The monoisotopic (exact) mass is 368 g/mol. The highest BCUT2D eigenvalue weighted by molar-refractivity contribution is 5.71. The van der Waals surface area contributed by atoms with Crippen LogP contribution < -0.4 is 0 Å². The first-order valence-electron chi connectivity index (χ1n) is 10.0. The van der Waals surface area contributed by atoms with Crippen molar-refractivity contribution in [3.8, 4) is 0 Å². The zero-order valence-corrected chi connectivity index (χ0v) is 17.8. The third-order valence-corrected chi connectivity index (χ3v) is 7.04. The van der Waals surface area contributed by atoms with Crippen molar-refractivity contribution < 1.29 is 23.5 Å². The van der Waals surface area contributed by atoms with E-state index in [1.165, 1.54) is 6.42 Å². The summed E-state index contributed by atoms with van der Waals surface area (Å²) in [6.07, 6.45) is 3.76. The van der Waals surface area contributed by atoms with E-state index >= 15 is 0 Å². The second-order valence-corrected chi connectivity index (χ2v) is 10.2. The lowest BCUT2D eigenvalue weighted by atomic mass is 9.70. The fourth-order valence-corrected chi connectivity index (χ4v) is 4.65. The summed E-state index contributed by atoms with van der Waals surface area (Å²) in [6.45, 7) is 12.2. The number of carbonyl (C=O) groups is 2. The predicted molar refractivity (Wildman–Crippen MR) is 101 cm³/mol. The van der Waals surface area contributed by atoms with Gasteiger partial charge in [-0.25, -0.2) is 4.79 Å². The average Bonchev–Trinajstić information content (AvgIpc) is 2.84. The molecule has 0 aromatic carbocycles. The van der Waals surface area contributed by atoms with E-state index in [2.05, 4.69) is 20.8 Å². The minimum absolute atomic E-state index is 0.0374. The van der Waals surface area contributed by atoms with Crippen LogP contribution in [0, 0.1) is 22.7 Å². The number of nitrogens with zero attached hydrogens (tertiary/aromatic N) is 1. The van der Waals surface area contributed by atoms with E-state index in [4.69, 9.17) is 9.47 Å². The largest absolute Gasteiger partial charge is 0.462 e. The maximum absolute atomic E-state index is 12.4. The van der Waals surface area contributed by atoms with Crippen molar-refractivity contribution >= 4 is 11.9 Å². The summed E-state index contributed by atoms with van der Waals surface area (Å²) in [5.74, 6) is 0.644. The van der Waals surface area contributed by atoms with Gasteiger partial charge in [0.15, 0.2) is 6.54 Å². The fraction of sp³-hybridized carbons (Fsp3) is 0.905. The highest BCUT2D eigenvalue weighted by Gasteiger charge is 2.62. The first-order valence-corrected chi connectivity index (χ1v) is 10.0. The third kappa shape index (κ3) is 4.41. The Balaban J connectivity index is 1.79. The first-order chi connectivity index (χ1) is 11.9. The quantitative estimate of drug-likeness (QED) is 0.487. The number of rotatable bonds is 8. The van der Waals surface area contributed by atoms with Crippen LogP contribution >= 0.6 is 0 Å². The number of esters is 2. The summed E-state index contributed by atoms with van der Waals surface area (Å²) >= 11 is 0. The van der Waals surface area contributed by atoms with Crippen LogP contribution in [0.4, 0.5) is 0 Å². The number of carbonyl (C=O) groups excluding carboxylic acids is 2. The Morgan fingerprint density at radius 3 is 2.31 bits per heavy atom. The molecule has 2 aliphatic rings. The topological polar surface area (TPSA) is 52.6 Å². The maximum Gasteiger partial charge on any atom is 0.361 e. The number of likely N-dealkylation sites (N-methyl/N-ethyl adjacent to an activating group) is 1. The molecule has 0 heterocycles. The fourth-order valence-electron chi connectivity index (χ4n) is 4.65. The van der Waals surface area contributed by atoms with Crippen molar-refractivity contribution in [3.63, 3.8) is 0 Å². The van der Waals surface area contributed by atoms with Gasteiger partial charge in [0.25, 0.3) is 0 Å². The van der Waals surface area contributed by atoms with Crippen LogP contribution in [0.2, 0.25) is 0 Å². The SMILES string of the molecule is CC(C)COC(=O)C[N+](C)(C)CCC(=O)O[C@H]1C[C@H]2CC[C@]1(C)C2(C)C. The molecule has 0 unspecified atom stereocenters. The van der Waals surface area contributed by atoms with Gasteiger partial charge >= 0.3 is 11.9 Å². The van der Waals surface area contributed by atoms with Crippen molar-refractivity contribution in [1.82, 2.24) is 0 Å². The standard InChI is InChI=1S/C21H38NO4/c1-15(2)14-25-19(24)13-22(6,7)11-9-18(23)26-17-12-16-8-10-21(17,5)20(16,3)4/h15-17H,8-14H2,1-7H3/q+1/t16-,17+,21+/m1/s1. The van der Waals surface area contributed by atoms with Crippen LogP contribution in [0.5, 0.6) is 0 Å². The lowest BCUT2D eigenvalue weighted by Crippen LogP contribution is -2.46. The average molecular weight is 369 g/mol. The Labute approximate surface area is 159 Å². The van der Waals surface area contributed by atoms with E-state index in [9.17, 15) is 9.59 Å². The molecular formula is C21H38NO4+. The zero-order valence-electron chi connectivity index (χ0n) is 17.8. The third-order valence-electron chi connectivity index (χ3n) is 7.04. The molecule has 2 saturated carbocycles. The number of quaternary nitrogens is 1. The van der Waals surface area contributed by atoms with Gasteiger partial charge < -0.3 is 14.0 Å². The predicted octanol–water partition coefficient (Wildman–Crippen LogP) is 3.41. The molecular weight excluding hydrogens is 330 g/mol. The van der Waals surface area contributed by atoms with Gasteiger partial charge in [-0.15, -0.1) is 0 Å². The minimum Gasteiger partial charge on any atom is -0.462 e. The number of fused-ring (bicyclic) bond motifs is 2. The Bertz CT molecular complexity index is 540. The molecule has 0 saturated heterocycles. The Morgan fingerprint density at radius 1 is 1.15 bits per heavy atom. The van der Waals surface area contributed by atoms with Crippen LogP contribution in [-0.2, 0) is 19.1 Å². The summed E-state index contributed by atoms with van der Waals surface area (Å²) in [5.41, 5.74) is 0.339. The van der Waals surface area contributed by atoms with Gasteiger partial charge in [-0.05, 0) is 36.5 Å². The molecule has 2 bridgehead atoms. The number of hydrogen-bond donors (Lipinski definition) is 0. The molecule has 0 aromatic rings. The molecule has 26 heavy (non-hydrogen) atoms. The summed E-state index contributed by atoms with van der Waals surface area (Å²) < 4.78 is 11.6. The van der Waals surface area contributed by atoms with Crippen molar-refractivity contribution in [2.75, 3.05) is 33.8 Å². The molecule has 0 amide bonds. The molecule has 5 nitrogen and oxygen atoms in total. The summed E-state index contributed by atoms with van der Waals surface area (Å²) in [5, 5.41) is 0. The van der Waals surface area contributed by atoms with E-state index in [1.54, 1.807) is 0 Å². The van der Waals surface area contributed by atoms with Gasteiger partial charge in [-0.2, -0.15) is 0 Å². The normalized spacial score (nSPS) is 29.8. The first kappa shape index (κ1) is 21.2. The Hall–Kier alpha value is -1.10. The molecule has 3 atom stereocenters. The van der Waals surface area contributed by atoms with Crippen LogP contribution in [0.15, 0.2) is 0 Å². The second kappa shape index (κ2) is 7.49. The van der Waals surface area contributed by atoms with Gasteiger partial charge in [0.1, 0.15) is 6.10 Å². The minimum atomic E-state index is -0.209. The molecule has 0 spiro atoms. The van der Waals surface area contributed by atoms with E-state index in [1.807, 2.05) is 27.9 Å². The highest BCUT2D eigenvalue weighted by Crippen LogP contribution is 2.66. The zero-order chi connectivity index (χ0) is 19.8. The van der Waals surface area contributed by atoms with Crippen molar-refractivity contribution in [2.45, 2.75) is 66.4 Å². The maximum atomic E-state index is 12.4. The van der Waals surface area contributed by atoms with Crippen molar-refractivity contribution in [3.05, 3.63) is 0 Å². The lowest BCUT2D eigenvalue weighted by molar-refractivity contribution is -0.882. The smallest absolute Gasteiger partial charge is 0.361 e. The lowest BCUT2D eigenvalue weighted by Gasteiger charge is -2.38. The molecule has 2 rings (SSSR count). The number of hydrogen-bond acceptors (Lipinski definition) is 4. The van der Waals surface area contributed by atoms with Gasteiger partial charge in [0, 0.05) is 5.41 Å². The molecule has 0 aliphatic heterocycles. The second-order valence-electron chi connectivity index (χ2n) is 10.2. The molecule has 0 N–H and O–H groups in total.